The summed E-state index contributed by atoms with van der Waals surface area (Å²) >= 11 is 0. The van der Waals surface area contributed by atoms with Gasteiger partial charge in [0.15, 0.2) is 0 Å². The second-order valence-electron chi connectivity index (χ2n) is 5.84. The summed E-state index contributed by atoms with van der Waals surface area (Å²) in [5.41, 5.74) is 7.14. The summed E-state index contributed by atoms with van der Waals surface area (Å²) in [5, 5.41) is 12.6. The Bertz CT molecular complexity index is 829. The standard InChI is InChI=1S/C14H16N6O3/c1-6-2-7(4-21)23-13(6)20-3-8-9-11(16-5-17-12(9)20)19-14(22)18-10(8)15/h3,5-7,13,21H,2,4H2,1H3,(H3,15,16,17,18,19,22)/t6-,7-,13+/m0/s1. The Morgan fingerprint density at radius 3 is 3.09 bits per heavy atom. The number of nitrogens with zero attached hydrogens (tertiary/aromatic N) is 4. The summed E-state index contributed by atoms with van der Waals surface area (Å²) < 4.78 is 7.78. The third-order valence-corrected chi connectivity index (χ3v) is 4.26. The number of hydrogen-bond acceptors (Lipinski definition) is 6. The summed E-state index contributed by atoms with van der Waals surface area (Å²) in [4.78, 5) is 23.9. The van der Waals surface area contributed by atoms with Crippen LogP contribution in [0.1, 0.15) is 25.1 Å². The lowest BCUT2D eigenvalue weighted by Crippen LogP contribution is -2.18. The second kappa shape index (κ2) is 5.00. The van der Waals surface area contributed by atoms with Gasteiger partial charge in [-0.2, -0.15) is 4.99 Å². The van der Waals surface area contributed by atoms with Gasteiger partial charge in [-0.15, -0.1) is 0 Å². The summed E-state index contributed by atoms with van der Waals surface area (Å²) in [6.07, 6.45) is 3.45. The molecule has 23 heavy (non-hydrogen) atoms. The number of amides is 2. The van der Waals surface area contributed by atoms with E-state index >= 15 is 0 Å². The Kier molecular flexibility index (Phi) is 3.06. The summed E-state index contributed by atoms with van der Waals surface area (Å²) in [5.74, 6) is 0.691. The van der Waals surface area contributed by atoms with Gasteiger partial charge in [0.05, 0.1) is 18.1 Å². The zero-order valence-corrected chi connectivity index (χ0v) is 12.4. The molecule has 120 valence electrons. The zero-order chi connectivity index (χ0) is 16.1. The first-order valence-corrected chi connectivity index (χ1v) is 7.36. The Morgan fingerprint density at radius 2 is 2.35 bits per heavy atom. The SMILES string of the molecule is C[C@H]1C[C@@H](CO)O[C@H]1n1cc2c3c(ncnc31)NC(=O)N=C2N. The minimum Gasteiger partial charge on any atom is -0.394 e. The van der Waals surface area contributed by atoms with E-state index in [0.29, 0.717) is 22.4 Å². The van der Waals surface area contributed by atoms with E-state index < -0.39 is 6.03 Å². The molecule has 0 aliphatic carbocycles. The molecule has 2 aromatic rings. The molecule has 1 saturated heterocycles. The molecule has 4 heterocycles. The van der Waals surface area contributed by atoms with E-state index in [-0.39, 0.29) is 30.7 Å². The number of nitrogens with one attached hydrogen (secondary N) is 1. The third kappa shape index (κ3) is 2.08. The quantitative estimate of drug-likeness (QED) is 0.744. The van der Waals surface area contributed by atoms with Crippen molar-refractivity contribution in [1.82, 2.24) is 14.5 Å². The van der Waals surface area contributed by atoms with Crippen LogP contribution in [0.4, 0.5) is 10.6 Å². The maximum atomic E-state index is 11.7. The van der Waals surface area contributed by atoms with Gasteiger partial charge in [-0.25, -0.2) is 14.8 Å². The minimum atomic E-state index is -0.559. The predicted molar refractivity (Wildman–Crippen MR) is 82.0 cm³/mol. The number of aromatic nitrogens is 3. The van der Waals surface area contributed by atoms with Crippen LogP contribution in [-0.4, -0.2) is 44.2 Å². The molecule has 1 fully saturated rings. The predicted octanol–water partition coefficient (Wildman–Crippen LogP) is 0.598. The van der Waals surface area contributed by atoms with Gasteiger partial charge < -0.3 is 20.1 Å². The van der Waals surface area contributed by atoms with Crippen LogP contribution in [0.5, 0.6) is 0 Å². The number of aliphatic imine (C=N–C) groups is 1. The number of nitrogens with two attached hydrogens (primary N) is 1. The number of urea groups is 1. The van der Waals surface area contributed by atoms with E-state index in [1.54, 1.807) is 6.20 Å². The van der Waals surface area contributed by atoms with Crippen LogP contribution < -0.4 is 11.1 Å². The van der Waals surface area contributed by atoms with Crippen molar-refractivity contribution in [2.24, 2.45) is 16.6 Å². The van der Waals surface area contributed by atoms with Crippen LogP contribution >= 0.6 is 0 Å². The van der Waals surface area contributed by atoms with Gasteiger partial charge in [0.1, 0.15) is 29.9 Å². The molecular weight excluding hydrogens is 300 g/mol. The first kappa shape index (κ1) is 14.1. The molecule has 0 aromatic carbocycles. The Morgan fingerprint density at radius 1 is 1.52 bits per heavy atom. The van der Waals surface area contributed by atoms with E-state index in [0.717, 1.165) is 6.42 Å². The lowest BCUT2D eigenvalue weighted by atomic mass is 10.1. The number of aliphatic hydroxyl groups is 1. The van der Waals surface area contributed by atoms with Crippen LogP contribution in [0, 0.1) is 5.92 Å². The van der Waals surface area contributed by atoms with Crippen molar-refractivity contribution in [3.63, 3.8) is 0 Å². The number of aliphatic hydroxyl groups excluding tert-OH is 1. The van der Waals surface area contributed by atoms with Crippen molar-refractivity contribution in [3.8, 4) is 0 Å². The number of hydrogen-bond donors (Lipinski definition) is 3. The number of anilines is 1. The van der Waals surface area contributed by atoms with Gasteiger partial charge in [0.25, 0.3) is 0 Å². The van der Waals surface area contributed by atoms with E-state index in [4.69, 9.17) is 10.5 Å². The largest absolute Gasteiger partial charge is 0.394 e. The molecule has 4 N–H and O–H groups in total. The van der Waals surface area contributed by atoms with Crippen molar-refractivity contribution in [2.75, 3.05) is 11.9 Å². The van der Waals surface area contributed by atoms with Gasteiger partial charge in [0, 0.05) is 17.7 Å². The number of ether oxygens (including phenoxy) is 1. The maximum Gasteiger partial charge on any atom is 0.348 e. The molecule has 3 atom stereocenters. The van der Waals surface area contributed by atoms with Gasteiger partial charge in [0.2, 0.25) is 0 Å². The molecule has 2 amide bonds. The molecule has 2 aliphatic rings. The number of carbonyl (C=O) groups excluding carboxylic acids is 1. The number of carbonyl (C=O) groups is 1. The topological polar surface area (TPSA) is 128 Å². The van der Waals surface area contributed by atoms with Crippen LogP contribution in [-0.2, 0) is 4.74 Å². The van der Waals surface area contributed by atoms with Crippen LogP contribution in [0.3, 0.4) is 0 Å². The molecule has 0 radical (unpaired) electrons. The molecule has 9 heteroatoms. The molecule has 4 rings (SSSR count). The fraction of sp³-hybridized carbons (Fsp3) is 0.429. The number of rotatable bonds is 2. The van der Waals surface area contributed by atoms with Crippen LogP contribution in [0.25, 0.3) is 11.0 Å². The van der Waals surface area contributed by atoms with E-state index in [1.807, 2.05) is 4.57 Å². The fourth-order valence-electron chi connectivity index (χ4n) is 3.24. The molecule has 9 nitrogen and oxygen atoms in total. The van der Waals surface area contributed by atoms with Gasteiger partial charge in [-0.1, -0.05) is 6.92 Å². The minimum absolute atomic E-state index is 0.0210. The number of amidine groups is 1. The lowest BCUT2D eigenvalue weighted by Gasteiger charge is -2.18. The molecule has 2 aliphatic heterocycles. The Balaban J connectivity index is 1.91. The molecule has 2 aromatic heterocycles. The zero-order valence-electron chi connectivity index (χ0n) is 12.4. The van der Waals surface area contributed by atoms with Crippen molar-refractivity contribution in [2.45, 2.75) is 25.7 Å². The second-order valence-corrected chi connectivity index (χ2v) is 5.84. The highest BCUT2D eigenvalue weighted by atomic mass is 16.5. The normalized spacial score (nSPS) is 27.0. The van der Waals surface area contributed by atoms with Crippen molar-refractivity contribution >= 4 is 28.7 Å². The Hall–Kier alpha value is -2.52. The fourth-order valence-corrected chi connectivity index (χ4v) is 3.24. The molecule has 0 spiro atoms. The highest BCUT2D eigenvalue weighted by molar-refractivity contribution is 6.19. The summed E-state index contributed by atoms with van der Waals surface area (Å²) in [6, 6.07) is -0.559. The van der Waals surface area contributed by atoms with Crippen LogP contribution in [0.2, 0.25) is 0 Å². The van der Waals surface area contributed by atoms with Gasteiger partial charge in [-0.3, -0.25) is 5.32 Å². The lowest BCUT2D eigenvalue weighted by molar-refractivity contribution is -0.0291. The van der Waals surface area contributed by atoms with E-state index in [2.05, 4.69) is 27.2 Å². The smallest absolute Gasteiger partial charge is 0.348 e. The van der Waals surface area contributed by atoms with Crippen molar-refractivity contribution in [3.05, 3.63) is 18.1 Å². The van der Waals surface area contributed by atoms with Crippen molar-refractivity contribution in [1.29, 1.82) is 0 Å². The average molecular weight is 316 g/mol. The molecule has 0 bridgehead atoms. The van der Waals surface area contributed by atoms with E-state index in [9.17, 15) is 9.90 Å². The van der Waals surface area contributed by atoms with Gasteiger partial charge >= 0.3 is 6.03 Å². The maximum absolute atomic E-state index is 11.7. The Labute approximate surface area is 131 Å². The monoisotopic (exact) mass is 316 g/mol. The first-order valence-electron chi connectivity index (χ1n) is 7.36. The highest BCUT2D eigenvalue weighted by Crippen LogP contribution is 2.38. The summed E-state index contributed by atoms with van der Waals surface area (Å²) in [6.45, 7) is 2.03. The first-order chi connectivity index (χ1) is 11.1. The molecule has 0 saturated carbocycles. The van der Waals surface area contributed by atoms with E-state index in [1.165, 1.54) is 6.33 Å². The third-order valence-electron chi connectivity index (χ3n) is 4.26. The van der Waals surface area contributed by atoms with Crippen LogP contribution in [0.15, 0.2) is 17.5 Å². The average Bonchev–Trinajstić information content (AvgIpc) is 3.04. The summed E-state index contributed by atoms with van der Waals surface area (Å²) in [7, 11) is 0. The van der Waals surface area contributed by atoms with Gasteiger partial charge in [-0.05, 0) is 6.42 Å². The molecular formula is C14H16N6O3. The highest BCUT2D eigenvalue weighted by Gasteiger charge is 2.35. The van der Waals surface area contributed by atoms with Crippen molar-refractivity contribution < 1.29 is 14.6 Å². The molecule has 0 unspecified atom stereocenters.